The number of nitrogens with zero attached hydrogens (tertiary/aromatic N) is 1. The molecule has 0 radical (unpaired) electrons. The molecule has 2 nitrogen and oxygen atoms in total. The van der Waals surface area contributed by atoms with Crippen LogP contribution in [0.15, 0.2) is 107 Å². The van der Waals surface area contributed by atoms with Gasteiger partial charge in [-0.25, -0.2) is 0 Å². The Kier molecular flexibility index (Phi) is 10.4. The fourth-order valence-electron chi connectivity index (χ4n) is 5.33. The lowest BCUT2D eigenvalue weighted by atomic mass is 9.75. The van der Waals surface area contributed by atoms with Gasteiger partial charge in [-0.05, 0) is 117 Å². The van der Waals surface area contributed by atoms with Crippen molar-refractivity contribution in [2.45, 2.75) is 66.8 Å². The second-order valence-corrected chi connectivity index (χ2v) is 11.0. The van der Waals surface area contributed by atoms with E-state index >= 15 is 0 Å². The van der Waals surface area contributed by atoms with Gasteiger partial charge in [-0.1, -0.05) is 92.8 Å². The van der Waals surface area contributed by atoms with Crippen LogP contribution in [0.1, 0.15) is 74.4 Å². The van der Waals surface area contributed by atoms with Crippen molar-refractivity contribution >= 4 is 11.8 Å². The third-order valence-corrected chi connectivity index (χ3v) is 7.48. The van der Waals surface area contributed by atoms with Crippen molar-refractivity contribution in [2.24, 2.45) is 10.9 Å². The third-order valence-electron chi connectivity index (χ3n) is 7.48. The molecule has 0 unspecified atom stereocenters. The molecule has 0 saturated carbocycles. The van der Waals surface area contributed by atoms with E-state index in [1.165, 1.54) is 44.5 Å². The molecule has 0 spiro atoms. The average Bonchev–Trinajstić information content (AvgIpc) is 2.89. The fraction of sp³-hybridized carbons (Fsp3) is 0.324. The Labute approximate surface area is 237 Å². The summed E-state index contributed by atoms with van der Waals surface area (Å²) >= 11 is 0. The predicted molar refractivity (Wildman–Crippen MR) is 172 cm³/mol. The first-order chi connectivity index (χ1) is 18.6. The van der Waals surface area contributed by atoms with Crippen LogP contribution in [0.25, 0.3) is 5.57 Å². The number of nitrogens with one attached hydrogen (secondary N) is 1. The predicted octanol–water partition coefficient (Wildman–Crippen LogP) is 9.36. The summed E-state index contributed by atoms with van der Waals surface area (Å²) < 4.78 is 0. The topological polar surface area (TPSA) is 24.4 Å². The van der Waals surface area contributed by atoms with E-state index in [2.05, 4.69) is 140 Å². The van der Waals surface area contributed by atoms with Crippen molar-refractivity contribution in [3.05, 3.63) is 136 Å². The van der Waals surface area contributed by atoms with E-state index in [-0.39, 0.29) is 0 Å². The number of hydrogen-bond donors (Lipinski definition) is 1. The highest BCUT2D eigenvalue weighted by Crippen LogP contribution is 2.40. The molecule has 2 aromatic carbocycles. The van der Waals surface area contributed by atoms with Crippen molar-refractivity contribution in [3.63, 3.8) is 0 Å². The maximum atomic E-state index is 4.73. The highest BCUT2D eigenvalue weighted by atomic mass is 15.0. The fourth-order valence-corrected chi connectivity index (χ4v) is 5.33. The van der Waals surface area contributed by atoms with E-state index in [0.717, 1.165) is 24.0 Å². The maximum Gasteiger partial charge on any atom is 0.0920 e. The maximum absolute atomic E-state index is 4.73. The molecule has 0 heterocycles. The number of rotatable bonds is 5. The van der Waals surface area contributed by atoms with E-state index in [1.807, 2.05) is 12.4 Å². The Morgan fingerprint density at radius 1 is 1.03 bits per heavy atom. The molecule has 1 atom stereocenters. The molecule has 0 amide bonds. The van der Waals surface area contributed by atoms with Gasteiger partial charge in [-0.15, -0.1) is 0 Å². The lowest BCUT2D eigenvalue weighted by Gasteiger charge is -2.37. The molecule has 2 heteroatoms. The van der Waals surface area contributed by atoms with E-state index < -0.39 is 5.54 Å². The lowest BCUT2D eigenvalue weighted by molar-refractivity contribution is 0.511. The van der Waals surface area contributed by atoms with Gasteiger partial charge in [0.15, 0.2) is 0 Å². The highest BCUT2D eigenvalue weighted by Gasteiger charge is 2.36. The van der Waals surface area contributed by atoms with Crippen molar-refractivity contribution in [1.82, 2.24) is 5.32 Å². The van der Waals surface area contributed by atoms with Crippen LogP contribution < -0.4 is 5.32 Å². The number of benzene rings is 2. The number of allylic oxidation sites excluding steroid dienone is 9. The SMILES string of the molecule is C=C(C)/C=C1C(=C/C)/C=C\C=CCCc2cc(ccc2C)[C@](NC)(/C(C)=C/N=C\C(C)C)c2ccc(C)c/1c2. The zero-order valence-corrected chi connectivity index (χ0v) is 25.2. The minimum atomic E-state index is -0.546. The van der Waals surface area contributed by atoms with Crippen LogP contribution in [0.5, 0.6) is 0 Å². The Morgan fingerprint density at radius 3 is 2.36 bits per heavy atom. The molecule has 1 aliphatic rings. The summed E-state index contributed by atoms with van der Waals surface area (Å²) in [5, 5.41) is 3.76. The minimum absolute atomic E-state index is 0.389. The minimum Gasteiger partial charge on any atom is -0.303 e. The van der Waals surface area contributed by atoms with Gasteiger partial charge in [-0.3, -0.25) is 4.99 Å². The Bertz CT molecular complexity index is 1370. The molecule has 2 aromatic rings. The zero-order valence-electron chi connectivity index (χ0n) is 25.2. The van der Waals surface area contributed by atoms with Crippen LogP contribution in [0, 0.1) is 19.8 Å². The van der Waals surface area contributed by atoms with Crippen molar-refractivity contribution in [3.8, 4) is 0 Å². The Balaban J connectivity index is 2.46. The van der Waals surface area contributed by atoms with E-state index in [0.29, 0.717) is 5.92 Å². The van der Waals surface area contributed by atoms with E-state index in [9.17, 15) is 0 Å². The van der Waals surface area contributed by atoms with Crippen LogP contribution in [-0.2, 0) is 12.0 Å². The van der Waals surface area contributed by atoms with Gasteiger partial charge in [0.2, 0.25) is 0 Å². The van der Waals surface area contributed by atoms with E-state index in [1.54, 1.807) is 0 Å². The Morgan fingerprint density at radius 2 is 1.72 bits per heavy atom. The Hall–Kier alpha value is -3.49. The summed E-state index contributed by atoms with van der Waals surface area (Å²) in [6, 6.07) is 13.8. The molecule has 1 aliphatic carbocycles. The van der Waals surface area contributed by atoms with Crippen LogP contribution in [0.2, 0.25) is 0 Å². The van der Waals surface area contributed by atoms with Gasteiger partial charge < -0.3 is 5.32 Å². The number of hydrogen-bond acceptors (Lipinski definition) is 2. The monoisotopic (exact) mass is 518 g/mol. The van der Waals surface area contributed by atoms with Gasteiger partial charge in [-0.2, -0.15) is 0 Å². The molecule has 0 aromatic heterocycles. The molecule has 0 saturated heterocycles. The van der Waals surface area contributed by atoms with Crippen molar-refractivity contribution in [1.29, 1.82) is 0 Å². The summed E-state index contributed by atoms with van der Waals surface area (Å²) in [6.07, 6.45) is 19.2. The smallest absolute Gasteiger partial charge is 0.0920 e. The first-order valence-electron chi connectivity index (χ1n) is 14.1. The molecule has 1 N–H and O–H groups in total. The molecule has 4 bridgehead atoms. The first-order valence-corrected chi connectivity index (χ1v) is 14.1. The standard InChI is InChI=1S/C37H46N2/c1-10-31-15-13-11-12-14-16-32-22-33(19-17-28(32)6)37(38-9,30(8)25-39-24-27(4)5)34-20-18-29(7)35(23-34)36(31)21-26(2)3/h10-13,15,17-25,27,38H,2,14,16H2,1,3-9H3/b12-11?,15-13-,30-25+,31-10+,36-21-,39-24-/t37-/m1/s1. The van der Waals surface area contributed by atoms with Crippen LogP contribution in [-0.4, -0.2) is 13.3 Å². The van der Waals surface area contributed by atoms with Crippen LogP contribution in [0.4, 0.5) is 0 Å². The quantitative estimate of drug-likeness (QED) is 0.392. The number of fused-ring (bicyclic) bond motifs is 4. The molecular weight excluding hydrogens is 472 g/mol. The number of aliphatic imine (C=N–C) groups is 1. The summed E-state index contributed by atoms with van der Waals surface area (Å²) in [6.45, 7) is 19.3. The summed E-state index contributed by atoms with van der Waals surface area (Å²) in [7, 11) is 2.06. The lowest BCUT2D eigenvalue weighted by Crippen LogP contribution is -2.42. The molecule has 0 fully saturated rings. The second-order valence-electron chi connectivity index (χ2n) is 11.0. The molecule has 39 heavy (non-hydrogen) atoms. The van der Waals surface area contributed by atoms with Gasteiger partial charge in [0.1, 0.15) is 0 Å². The molecule has 0 aliphatic heterocycles. The molecule has 3 rings (SSSR count). The van der Waals surface area contributed by atoms with Crippen LogP contribution in [0.3, 0.4) is 0 Å². The van der Waals surface area contributed by atoms with Gasteiger partial charge >= 0.3 is 0 Å². The zero-order chi connectivity index (χ0) is 28.6. The van der Waals surface area contributed by atoms with Crippen molar-refractivity contribution in [2.75, 3.05) is 7.05 Å². The molecule has 204 valence electrons. The largest absolute Gasteiger partial charge is 0.303 e. The first kappa shape index (κ1) is 30.1. The van der Waals surface area contributed by atoms with Gasteiger partial charge in [0.25, 0.3) is 0 Å². The normalized spacial score (nSPS) is 21.4. The highest BCUT2D eigenvalue weighted by molar-refractivity contribution is 5.85. The second kappa shape index (κ2) is 13.5. The summed E-state index contributed by atoms with van der Waals surface area (Å²) in [5.74, 6) is 0.389. The number of aryl methyl sites for hydroxylation is 3. The number of likely N-dealkylation sites (N-methyl/N-ethyl adjacent to an activating group) is 1. The molecular formula is C37H46N2. The summed E-state index contributed by atoms with van der Waals surface area (Å²) in [4.78, 5) is 4.73. The average molecular weight is 519 g/mol. The summed E-state index contributed by atoms with van der Waals surface area (Å²) in [5.41, 5.74) is 11.5. The van der Waals surface area contributed by atoms with Gasteiger partial charge in [0.05, 0.1) is 5.54 Å². The van der Waals surface area contributed by atoms with E-state index in [4.69, 9.17) is 4.99 Å². The third kappa shape index (κ3) is 6.94. The van der Waals surface area contributed by atoms with Crippen LogP contribution >= 0.6 is 0 Å². The van der Waals surface area contributed by atoms with Crippen molar-refractivity contribution < 1.29 is 0 Å². The van der Waals surface area contributed by atoms with Gasteiger partial charge in [0, 0.05) is 12.4 Å².